The summed E-state index contributed by atoms with van der Waals surface area (Å²) in [5, 5.41) is 0.537. The van der Waals surface area contributed by atoms with Crippen LogP contribution in [0.1, 0.15) is 6.42 Å². The van der Waals surface area contributed by atoms with Gasteiger partial charge in [0.1, 0.15) is 5.83 Å². The lowest BCUT2D eigenvalue weighted by molar-refractivity contribution is 0.635. The quantitative estimate of drug-likeness (QED) is 0.515. The molecule has 0 aromatic rings. The third-order valence-electron chi connectivity index (χ3n) is 1.48. The molecule has 0 saturated carbocycles. The first kappa shape index (κ1) is 7.55. The Hall–Kier alpha value is -0.560. The lowest BCUT2D eigenvalue weighted by Gasteiger charge is -2.11. The first-order chi connectivity index (χ1) is 4.74. The highest BCUT2D eigenvalue weighted by atomic mass is 35.5. The summed E-state index contributed by atoms with van der Waals surface area (Å²) >= 11 is 5.69. The predicted octanol–water partition coefficient (Wildman–Crippen LogP) is 3.17. The third kappa shape index (κ3) is 1.48. The van der Waals surface area contributed by atoms with Crippen LogP contribution in [0.25, 0.3) is 0 Å². The van der Waals surface area contributed by atoms with Crippen molar-refractivity contribution < 1.29 is 4.39 Å². The Morgan fingerprint density at radius 2 is 2.50 bits per heavy atom. The van der Waals surface area contributed by atoms with Crippen LogP contribution in [0, 0.1) is 5.92 Å². The van der Waals surface area contributed by atoms with E-state index in [9.17, 15) is 4.39 Å². The van der Waals surface area contributed by atoms with E-state index < -0.39 is 0 Å². The summed E-state index contributed by atoms with van der Waals surface area (Å²) in [6.07, 6.45) is 5.20. The monoisotopic (exact) mass is 158 g/mol. The lowest BCUT2D eigenvalue weighted by Crippen LogP contribution is -1.98. The highest BCUT2D eigenvalue weighted by Gasteiger charge is 2.12. The second-order valence-corrected chi connectivity index (χ2v) is 2.63. The molecule has 0 bridgehead atoms. The second kappa shape index (κ2) is 3.02. The van der Waals surface area contributed by atoms with Crippen molar-refractivity contribution in [2.24, 2.45) is 5.92 Å². The summed E-state index contributed by atoms with van der Waals surface area (Å²) < 4.78 is 12.4. The Labute approximate surface area is 64.7 Å². The molecule has 0 nitrogen and oxygen atoms in total. The van der Waals surface area contributed by atoms with Crippen LogP contribution >= 0.6 is 11.6 Å². The van der Waals surface area contributed by atoms with E-state index in [1.165, 1.54) is 12.2 Å². The fourth-order valence-electron chi connectivity index (χ4n) is 0.859. The Bertz CT molecular complexity index is 203. The number of hydrogen-bond acceptors (Lipinski definition) is 0. The smallest absolute Gasteiger partial charge is 0.120 e. The summed E-state index contributed by atoms with van der Waals surface area (Å²) in [5.74, 6) is -0.135. The SMILES string of the molecule is C=CC1CC=C(F)C=C1Cl. The lowest BCUT2D eigenvalue weighted by atomic mass is 10.0. The van der Waals surface area contributed by atoms with Crippen molar-refractivity contribution in [1.29, 1.82) is 0 Å². The van der Waals surface area contributed by atoms with Gasteiger partial charge in [-0.1, -0.05) is 17.7 Å². The molecule has 1 atom stereocenters. The van der Waals surface area contributed by atoms with Gasteiger partial charge in [0.2, 0.25) is 0 Å². The predicted molar refractivity (Wildman–Crippen MR) is 41.4 cm³/mol. The highest BCUT2D eigenvalue weighted by Crippen LogP contribution is 2.27. The van der Waals surface area contributed by atoms with E-state index in [1.54, 1.807) is 6.08 Å². The summed E-state index contributed by atoms with van der Waals surface area (Å²) in [6.45, 7) is 3.58. The minimum Gasteiger partial charge on any atom is -0.207 e. The van der Waals surface area contributed by atoms with Crippen molar-refractivity contribution in [3.05, 3.63) is 35.7 Å². The van der Waals surface area contributed by atoms with E-state index in [1.807, 2.05) is 0 Å². The van der Waals surface area contributed by atoms with Crippen LogP contribution in [0.15, 0.2) is 35.7 Å². The molecule has 1 aliphatic carbocycles. The van der Waals surface area contributed by atoms with Gasteiger partial charge in [-0.25, -0.2) is 4.39 Å². The molecular weight excluding hydrogens is 151 g/mol. The van der Waals surface area contributed by atoms with Gasteiger partial charge in [0.25, 0.3) is 0 Å². The van der Waals surface area contributed by atoms with Crippen molar-refractivity contribution in [2.45, 2.75) is 6.42 Å². The maximum atomic E-state index is 12.4. The van der Waals surface area contributed by atoms with Crippen molar-refractivity contribution in [2.75, 3.05) is 0 Å². The second-order valence-electron chi connectivity index (χ2n) is 2.20. The van der Waals surface area contributed by atoms with Crippen LogP contribution in [0.4, 0.5) is 4.39 Å². The molecule has 10 heavy (non-hydrogen) atoms. The van der Waals surface area contributed by atoms with Gasteiger partial charge in [-0.05, 0) is 18.6 Å². The molecule has 0 spiro atoms. The minimum atomic E-state index is -0.247. The average molecular weight is 159 g/mol. The van der Waals surface area contributed by atoms with Crippen LogP contribution < -0.4 is 0 Å². The molecule has 54 valence electrons. The molecule has 1 rings (SSSR count). The molecule has 0 N–H and O–H groups in total. The van der Waals surface area contributed by atoms with Crippen LogP contribution in [0.2, 0.25) is 0 Å². The molecule has 1 unspecified atom stereocenters. The zero-order valence-electron chi connectivity index (χ0n) is 5.48. The Morgan fingerprint density at radius 1 is 1.80 bits per heavy atom. The van der Waals surface area contributed by atoms with Crippen molar-refractivity contribution in [3.8, 4) is 0 Å². The van der Waals surface area contributed by atoms with Gasteiger partial charge in [0.05, 0.1) is 0 Å². The highest BCUT2D eigenvalue weighted by molar-refractivity contribution is 6.30. The van der Waals surface area contributed by atoms with E-state index in [0.29, 0.717) is 11.5 Å². The van der Waals surface area contributed by atoms with E-state index in [-0.39, 0.29) is 11.7 Å². The molecule has 0 aliphatic heterocycles. The first-order valence-electron chi connectivity index (χ1n) is 3.09. The van der Waals surface area contributed by atoms with Gasteiger partial charge in [-0.2, -0.15) is 0 Å². The summed E-state index contributed by atoms with van der Waals surface area (Å²) in [6, 6.07) is 0. The average Bonchev–Trinajstić information content (AvgIpc) is 1.88. The fraction of sp³-hybridized carbons (Fsp3) is 0.250. The van der Waals surface area contributed by atoms with E-state index >= 15 is 0 Å². The van der Waals surface area contributed by atoms with Crippen LogP contribution in [0.5, 0.6) is 0 Å². The third-order valence-corrected chi connectivity index (χ3v) is 1.87. The minimum absolute atomic E-state index is 0.112. The summed E-state index contributed by atoms with van der Waals surface area (Å²) in [7, 11) is 0. The summed E-state index contributed by atoms with van der Waals surface area (Å²) in [4.78, 5) is 0. The molecule has 0 fully saturated rings. The van der Waals surface area contributed by atoms with E-state index in [2.05, 4.69) is 6.58 Å². The number of hydrogen-bond donors (Lipinski definition) is 0. The van der Waals surface area contributed by atoms with Crippen LogP contribution in [-0.2, 0) is 0 Å². The van der Waals surface area contributed by atoms with Gasteiger partial charge in [-0.15, -0.1) is 6.58 Å². The largest absolute Gasteiger partial charge is 0.207 e. The molecule has 0 amide bonds. The normalized spacial score (nSPS) is 25.2. The van der Waals surface area contributed by atoms with Crippen molar-refractivity contribution in [1.82, 2.24) is 0 Å². The summed E-state index contributed by atoms with van der Waals surface area (Å²) in [5.41, 5.74) is 0. The molecular formula is C8H8ClF. The fourth-order valence-corrected chi connectivity index (χ4v) is 1.14. The number of rotatable bonds is 1. The zero-order valence-corrected chi connectivity index (χ0v) is 6.24. The van der Waals surface area contributed by atoms with Gasteiger partial charge in [-0.3, -0.25) is 0 Å². The Kier molecular flexibility index (Phi) is 2.28. The molecule has 0 heterocycles. The molecule has 0 saturated heterocycles. The number of halogens is 2. The van der Waals surface area contributed by atoms with Crippen LogP contribution in [-0.4, -0.2) is 0 Å². The van der Waals surface area contributed by atoms with E-state index in [4.69, 9.17) is 11.6 Å². The maximum Gasteiger partial charge on any atom is 0.120 e. The molecule has 0 radical (unpaired) electrons. The Balaban J connectivity index is 2.77. The van der Waals surface area contributed by atoms with Crippen LogP contribution in [0.3, 0.4) is 0 Å². The number of allylic oxidation sites excluding steroid dienone is 5. The van der Waals surface area contributed by atoms with Gasteiger partial charge in [0, 0.05) is 11.0 Å². The molecule has 2 heteroatoms. The standard InChI is InChI=1S/C8H8ClF/c1-2-6-3-4-7(10)5-8(6)9/h2,4-6H,1,3H2. The first-order valence-corrected chi connectivity index (χ1v) is 3.47. The zero-order chi connectivity index (χ0) is 7.56. The maximum absolute atomic E-state index is 12.4. The molecule has 1 aliphatic rings. The molecule has 0 aromatic heterocycles. The van der Waals surface area contributed by atoms with Gasteiger partial charge in [0.15, 0.2) is 0 Å². The van der Waals surface area contributed by atoms with Crippen molar-refractivity contribution >= 4 is 11.6 Å². The van der Waals surface area contributed by atoms with Gasteiger partial charge >= 0.3 is 0 Å². The topological polar surface area (TPSA) is 0 Å². The van der Waals surface area contributed by atoms with E-state index in [0.717, 1.165) is 0 Å². The van der Waals surface area contributed by atoms with Crippen molar-refractivity contribution in [3.63, 3.8) is 0 Å². The van der Waals surface area contributed by atoms with Gasteiger partial charge < -0.3 is 0 Å². The molecule has 0 aromatic carbocycles. The Morgan fingerprint density at radius 3 is 3.00 bits per heavy atom.